The first kappa shape index (κ1) is 10.6. The fourth-order valence-corrected chi connectivity index (χ4v) is 5.87. The summed E-state index contributed by atoms with van der Waals surface area (Å²) in [4.78, 5) is 0. The maximum absolute atomic E-state index is 6.10. The topological polar surface area (TPSA) is 9.23 Å². The van der Waals surface area contributed by atoms with Gasteiger partial charge >= 0.3 is 0 Å². The molecular weight excluding hydrogens is 200 g/mol. The molecule has 0 aromatic heterocycles. The lowest BCUT2D eigenvalue weighted by Gasteiger charge is -2.33. The van der Waals surface area contributed by atoms with Gasteiger partial charge in [-0.2, -0.15) is 0 Å². The molecule has 0 saturated carbocycles. The minimum Gasteiger partial charge on any atom is -0.408 e. The third-order valence-electron chi connectivity index (χ3n) is 3.23. The lowest BCUT2D eigenvalue weighted by Crippen LogP contribution is -2.52. The molecule has 1 saturated heterocycles. The van der Waals surface area contributed by atoms with Crippen LogP contribution in [0.5, 0.6) is 0 Å². The molecule has 2 rings (SSSR count). The molecule has 0 amide bonds. The van der Waals surface area contributed by atoms with E-state index in [1.54, 1.807) is 0 Å². The standard InChI is InChI=1S/C13H18OSi/c1-3-15(11-7-6-10-14-15)13-9-5-4-8-12(13)2/h3-5,8-9H,1,6-7,10-11H2,2H3. The molecule has 0 aliphatic carbocycles. The third kappa shape index (κ3) is 1.92. The third-order valence-corrected chi connectivity index (χ3v) is 7.18. The summed E-state index contributed by atoms with van der Waals surface area (Å²) in [6.45, 7) is 7.09. The molecule has 1 unspecified atom stereocenters. The Morgan fingerprint density at radius 1 is 1.33 bits per heavy atom. The van der Waals surface area contributed by atoms with Crippen molar-refractivity contribution in [3.63, 3.8) is 0 Å². The van der Waals surface area contributed by atoms with Gasteiger partial charge in [0.25, 0.3) is 0 Å². The highest BCUT2D eigenvalue weighted by Crippen LogP contribution is 2.23. The highest BCUT2D eigenvalue weighted by atomic mass is 28.4. The van der Waals surface area contributed by atoms with Crippen molar-refractivity contribution >= 4 is 13.5 Å². The van der Waals surface area contributed by atoms with Crippen LogP contribution < -0.4 is 5.19 Å². The van der Waals surface area contributed by atoms with E-state index in [-0.39, 0.29) is 0 Å². The zero-order chi connectivity index (χ0) is 10.7. The van der Waals surface area contributed by atoms with Gasteiger partial charge in [0.2, 0.25) is 8.32 Å². The molecule has 1 heterocycles. The Kier molecular flexibility index (Phi) is 3.07. The molecule has 1 nitrogen and oxygen atoms in total. The van der Waals surface area contributed by atoms with E-state index < -0.39 is 8.32 Å². The number of hydrogen-bond acceptors (Lipinski definition) is 1. The maximum Gasteiger partial charge on any atom is 0.248 e. The number of benzene rings is 1. The van der Waals surface area contributed by atoms with Crippen LogP contribution in [-0.2, 0) is 4.43 Å². The largest absolute Gasteiger partial charge is 0.408 e. The zero-order valence-corrected chi connectivity index (χ0v) is 10.3. The molecule has 80 valence electrons. The number of aryl methyl sites for hydroxylation is 1. The Balaban J connectivity index is 2.41. The van der Waals surface area contributed by atoms with Gasteiger partial charge in [-0.1, -0.05) is 36.4 Å². The molecule has 2 heteroatoms. The minimum atomic E-state index is -1.81. The van der Waals surface area contributed by atoms with E-state index in [4.69, 9.17) is 4.43 Å². The lowest BCUT2D eigenvalue weighted by molar-refractivity contribution is 0.283. The molecule has 0 bridgehead atoms. The molecule has 1 fully saturated rings. The fourth-order valence-electron chi connectivity index (χ4n) is 2.35. The summed E-state index contributed by atoms with van der Waals surface area (Å²) in [6.07, 6.45) is 2.49. The molecule has 0 radical (unpaired) electrons. The van der Waals surface area contributed by atoms with Crippen molar-refractivity contribution < 1.29 is 4.43 Å². The Morgan fingerprint density at radius 3 is 2.73 bits per heavy atom. The Bertz CT molecular complexity index is 353. The minimum absolute atomic E-state index is 0.909. The van der Waals surface area contributed by atoms with Gasteiger partial charge in [-0.05, 0) is 30.1 Å². The van der Waals surface area contributed by atoms with E-state index in [0.29, 0.717) is 0 Å². The van der Waals surface area contributed by atoms with E-state index in [9.17, 15) is 0 Å². The van der Waals surface area contributed by atoms with Crippen LogP contribution in [0.25, 0.3) is 0 Å². The van der Waals surface area contributed by atoms with Crippen LogP contribution >= 0.6 is 0 Å². The SMILES string of the molecule is C=C[Si]1(c2ccccc2C)CCCCO1. The van der Waals surface area contributed by atoms with Crippen LogP contribution in [0, 0.1) is 6.92 Å². The summed E-state index contributed by atoms with van der Waals surface area (Å²) in [5.41, 5.74) is 3.46. The predicted molar refractivity (Wildman–Crippen MR) is 66.8 cm³/mol. The van der Waals surface area contributed by atoms with Gasteiger partial charge in [0.05, 0.1) is 0 Å². The summed E-state index contributed by atoms with van der Waals surface area (Å²) in [6, 6.07) is 9.78. The monoisotopic (exact) mass is 218 g/mol. The van der Waals surface area contributed by atoms with Crippen molar-refractivity contribution in [3.05, 3.63) is 42.1 Å². The molecule has 1 atom stereocenters. The molecule has 15 heavy (non-hydrogen) atoms. The molecule has 1 aliphatic rings. The van der Waals surface area contributed by atoms with E-state index in [1.165, 1.54) is 29.6 Å². The summed E-state index contributed by atoms with van der Waals surface area (Å²) in [5, 5.41) is 1.42. The quantitative estimate of drug-likeness (QED) is 0.694. The Hall–Kier alpha value is -0.863. The van der Waals surface area contributed by atoms with Crippen molar-refractivity contribution in [2.75, 3.05) is 6.61 Å². The normalized spacial score (nSPS) is 26.2. The highest BCUT2D eigenvalue weighted by molar-refractivity contribution is 6.91. The second kappa shape index (κ2) is 4.33. The predicted octanol–water partition coefficient (Wildman–Crippen LogP) is 2.68. The summed E-state index contributed by atoms with van der Waals surface area (Å²) < 4.78 is 6.10. The summed E-state index contributed by atoms with van der Waals surface area (Å²) >= 11 is 0. The second-order valence-electron chi connectivity index (χ2n) is 4.21. The van der Waals surface area contributed by atoms with Crippen molar-refractivity contribution in [2.45, 2.75) is 25.8 Å². The van der Waals surface area contributed by atoms with E-state index in [0.717, 1.165) is 6.61 Å². The maximum atomic E-state index is 6.10. The van der Waals surface area contributed by atoms with E-state index in [2.05, 4.69) is 43.5 Å². The van der Waals surface area contributed by atoms with Gasteiger partial charge in [0.1, 0.15) is 0 Å². The first-order valence-corrected chi connectivity index (χ1v) is 7.81. The fraction of sp³-hybridized carbons (Fsp3) is 0.385. The van der Waals surface area contributed by atoms with Gasteiger partial charge in [-0.25, -0.2) is 0 Å². The lowest BCUT2D eigenvalue weighted by atomic mass is 10.2. The molecular formula is C13H18OSi. The van der Waals surface area contributed by atoms with Gasteiger partial charge in [-0.3, -0.25) is 0 Å². The van der Waals surface area contributed by atoms with Crippen LogP contribution in [-0.4, -0.2) is 14.9 Å². The molecule has 1 aromatic carbocycles. The van der Waals surface area contributed by atoms with Crippen LogP contribution in [0.1, 0.15) is 18.4 Å². The second-order valence-corrected chi connectivity index (χ2v) is 7.73. The van der Waals surface area contributed by atoms with Crippen molar-refractivity contribution in [1.29, 1.82) is 0 Å². The van der Waals surface area contributed by atoms with Gasteiger partial charge in [0, 0.05) is 6.61 Å². The molecule has 1 aliphatic heterocycles. The van der Waals surface area contributed by atoms with Crippen LogP contribution in [0.15, 0.2) is 36.5 Å². The Labute approximate surface area is 92.9 Å². The smallest absolute Gasteiger partial charge is 0.248 e. The summed E-state index contributed by atoms with van der Waals surface area (Å²) in [7, 11) is -1.81. The highest BCUT2D eigenvalue weighted by Gasteiger charge is 2.36. The number of hydrogen-bond donors (Lipinski definition) is 0. The van der Waals surface area contributed by atoms with Crippen LogP contribution in [0.3, 0.4) is 0 Å². The average molecular weight is 218 g/mol. The van der Waals surface area contributed by atoms with Crippen LogP contribution in [0.2, 0.25) is 6.04 Å². The summed E-state index contributed by atoms with van der Waals surface area (Å²) in [5.74, 6) is 0. The Morgan fingerprint density at radius 2 is 2.13 bits per heavy atom. The van der Waals surface area contributed by atoms with Crippen LogP contribution in [0.4, 0.5) is 0 Å². The van der Waals surface area contributed by atoms with Crippen molar-refractivity contribution in [2.24, 2.45) is 0 Å². The molecule has 0 N–H and O–H groups in total. The van der Waals surface area contributed by atoms with Gasteiger partial charge < -0.3 is 4.43 Å². The number of rotatable bonds is 2. The van der Waals surface area contributed by atoms with Crippen molar-refractivity contribution in [3.8, 4) is 0 Å². The first-order valence-electron chi connectivity index (χ1n) is 5.62. The van der Waals surface area contributed by atoms with Gasteiger partial charge in [-0.15, -0.1) is 6.58 Å². The zero-order valence-electron chi connectivity index (χ0n) is 9.33. The van der Waals surface area contributed by atoms with E-state index >= 15 is 0 Å². The first-order chi connectivity index (χ1) is 7.28. The van der Waals surface area contributed by atoms with Crippen molar-refractivity contribution in [1.82, 2.24) is 0 Å². The average Bonchev–Trinajstić information content (AvgIpc) is 2.30. The molecule has 0 spiro atoms. The molecule has 1 aromatic rings. The van der Waals surface area contributed by atoms with E-state index in [1.807, 2.05) is 0 Å². The van der Waals surface area contributed by atoms with Gasteiger partial charge in [0.15, 0.2) is 0 Å².